The number of nitrogens with one attached hydrogen (secondary N) is 2. The number of aromatic nitrogens is 1. The van der Waals surface area contributed by atoms with E-state index in [0.29, 0.717) is 18.1 Å². The molecule has 2 rings (SSSR count). The van der Waals surface area contributed by atoms with Crippen molar-refractivity contribution in [2.45, 2.75) is 25.6 Å². The minimum absolute atomic E-state index is 0.127. The molecule has 1 unspecified atom stereocenters. The van der Waals surface area contributed by atoms with E-state index in [9.17, 15) is 9.59 Å². The lowest BCUT2D eigenvalue weighted by atomic mass is 10.2. The van der Waals surface area contributed by atoms with E-state index in [1.807, 2.05) is 24.3 Å². The molecular weight excluding hydrogens is 342 g/mol. The third-order valence-corrected chi connectivity index (χ3v) is 4.50. The number of carbonyl (C=O) groups is 2. The highest BCUT2D eigenvalue weighted by atomic mass is 32.2. The van der Waals surface area contributed by atoms with Crippen LogP contribution in [0.1, 0.15) is 18.2 Å². The summed E-state index contributed by atoms with van der Waals surface area (Å²) in [6.45, 7) is 3.92. The van der Waals surface area contributed by atoms with Gasteiger partial charge in [-0.25, -0.2) is 0 Å². The number of methoxy groups -OCH3 is 1. The molecule has 0 spiro atoms. The molecule has 134 valence electrons. The highest BCUT2D eigenvalue weighted by Crippen LogP contribution is 2.14. The van der Waals surface area contributed by atoms with Crippen molar-refractivity contribution < 1.29 is 18.8 Å². The number of hydrogen-bond acceptors (Lipinski definition) is 6. The Morgan fingerprint density at radius 3 is 2.64 bits per heavy atom. The molecule has 1 aromatic heterocycles. The van der Waals surface area contributed by atoms with Crippen LogP contribution in [0.5, 0.6) is 5.75 Å². The van der Waals surface area contributed by atoms with Gasteiger partial charge in [-0.2, -0.15) is 0 Å². The fraction of sp³-hybridized carbons (Fsp3) is 0.353. The van der Waals surface area contributed by atoms with E-state index in [-0.39, 0.29) is 22.8 Å². The maximum absolute atomic E-state index is 12.0. The van der Waals surface area contributed by atoms with Crippen LogP contribution in [0.15, 0.2) is 34.9 Å². The summed E-state index contributed by atoms with van der Waals surface area (Å²) in [5.41, 5.74) is 0.978. The van der Waals surface area contributed by atoms with Crippen LogP contribution in [0.3, 0.4) is 0 Å². The largest absolute Gasteiger partial charge is 0.497 e. The van der Waals surface area contributed by atoms with Gasteiger partial charge < -0.3 is 19.9 Å². The number of amides is 2. The zero-order valence-electron chi connectivity index (χ0n) is 14.4. The molecule has 0 aliphatic rings. The molecule has 8 heteroatoms. The number of carbonyl (C=O) groups excluding carboxylic acids is 2. The first-order valence-electron chi connectivity index (χ1n) is 7.73. The van der Waals surface area contributed by atoms with Gasteiger partial charge >= 0.3 is 0 Å². The molecule has 2 amide bonds. The van der Waals surface area contributed by atoms with E-state index in [4.69, 9.17) is 9.26 Å². The van der Waals surface area contributed by atoms with E-state index in [0.717, 1.165) is 11.3 Å². The fourth-order valence-corrected chi connectivity index (χ4v) is 2.64. The van der Waals surface area contributed by atoms with Crippen LogP contribution in [-0.4, -0.2) is 35.1 Å². The Labute approximate surface area is 150 Å². The maximum Gasteiger partial charge on any atom is 0.238 e. The van der Waals surface area contributed by atoms with Gasteiger partial charge in [0, 0.05) is 12.6 Å². The quantitative estimate of drug-likeness (QED) is 0.748. The van der Waals surface area contributed by atoms with Gasteiger partial charge in [0.15, 0.2) is 5.82 Å². The lowest BCUT2D eigenvalue weighted by molar-refractivity contribution is -0.118. The average molecular weight is 363 g/mol. The summed E-state index contributed by atoms with van der Waals surface area (Å²) in [5.74, 6) is 1.61. The second-order valence-electron chi connectivity index (χ2n) is 5.39. The van der Waals surface area contributed by atoms with Crippen LogP contribution in [0.2, 0.25) is 0 Å². The molecule has 7 nitrogen and oxygen atoms in total. The number of rotatable bonds is 8. The molecule has 0 aliphatic carbocycles. The molecule has 1 heterocycles. The second kappa shape index (κ2) is 9.12. The Kier molecular flexibility index (Phi) is 6.88. The first kappa shape index (κ1) is 18.9. The molecular formula is C17H21N3O4S. The minimum atomic E-state index is -0.385. The number of benzene rings is 1. The van der Waals surface area contributed by atoms with Crippen molar-refractivity contribution >= 4 is 29.4 Å². The van der Waals surface area contributed by atoms with Gasteiger partial charge in [-0.1, -0.05) is 17.3 Å². The number of anilines is 1. The van der Waals surface area contributed by atoms with Crippen LogP contribution in [0.4, 0.5) is 5.82 Å². The lowest BCUT2D eigenvalue weighted by Crippen LogP contribution is -2.28. The fourth-order valence-electron chi connectivity index (χ4n) is 1.92. The normalized spacial score (nSPS) is 11.6. The predicted octanol–water partition coefficient (Wildman–Crippen LogP) is 2.37. The molecule has 0 aliphatic heterocycles. The van der Waals surface area contributed by atoms with Crippen LogP contribution < -0.4 is 15.4 Å². The smallest absolute Gasteiger partial charge is 0.238 e. The van der Waals surface area contributed by atoms with Gasteiger partial charge in [0.05, 0.1) is 18.1 Å². The van der Waals surface area contributed by atoms with Crippen LogP contribution in [0.25, 0.3) is 0 Å². The summed E-state index contributed by atoms with van der Waals surface area (Å²) in [4.78, 5) is 23.9. The van der Waals surface area contributed by atoms with E-state index in [1.165, 1.54) is 11.8 Å². The first-order chi connectivity index (χ1) is 12.0. The summed E-state index contributed by atoms with van der Waals surface area (Å²) >= 11 is 1.26. The molecule has 1 aromatic carbocycles. The van der Waals surface area contributed by atoms with Gasteiger partial charge in [-0.05, 0) is 31.5 Å². The average Bonchev–Trinajstić information content (AvgIpc) is 3.02. The molecule has 2 N–H and O–H groups in total. The molecule has 1 atom stereocenters. The zero-order valence-corrected chi connectivity index (χ0v) is 15.2. The van der Waals surface area contributed by atoms with Gasteiger partial charge in [0.25, 0.3) is 0 Å². The molecule has 0 fully saturated rings. The van der Waals surface area contributed by atoms with E-state index in [1.54, 1.807) is 27.0 Å². The monoisotopic (exact) mass is 363 g/mol. The SMILES string of the molecule is COc1ccc(CNC(=O)CSC(C)C(=O)Nc2cc(C)on2)cc1. The van der Waals surface area contributed by atoms with Crippen molar-refractivity contribution in [2.75, 3.05) is 18.2 Å². The Hall–Kier alpha value is -2.48. The lowest BCUT2D eigenvalue weighted by Gasteiger charge is -2.10. The summed E-state index contributed by atoms with van der Waals surface area (Å²) in [5, 5.41) is 8.79. The van der Waals surface area contributed by atoms with Crippen LogP contribution >= 0.6 is 11.8 Å². The second-order valence-corrected chi connectivity index (χ2v) is 6.72. The summed E-state index contributed by atoms with van der Waals surface area (Å²) in [7, 11) is 1.61. The Morgan fingerprint density at radius 2 is 2.04 bits per heavy atom. The van der Waals surface area contributed by atoms with Gasteiger partial charge in [0.2, 0.25) is 11.8 Å². The predicted molar refractivity (Wildman–Crippen MR) is 96.6 cm³/mol. The van der Waals surface area contributed by atoms with Gasteiger partial charge in [-0.3, -0.25) is 9.59 Å². The molecule has 0 saturated heterocycles. The minimum Gasteiger partial charge on any atom is -0.497 e. The highest BCUT2D eigenvalue weighted by molar-refractivity contribution is 8.01. The molecule has 0 saturated carbocycles. The van der Waals surface area contributed by atoms with Crippen molar-refractivity contribution in [2.24, 2.45) is 0 Å². The Balaban J connectivity index is 1.70. The van der Waals surface area contributed by atoms with Crippen LogP contribution in [0, 0.1) is 6.92 Å². The van der Waals surface area contributed by atoms with Crippen molar-refractivity contribution in [3.8, 4) is 5.75 Å². The van der Waals surface area contributed by atoms with E-state index >= 15 is 0 Å². The van der Waals surface area contributed by atoms with Crippen LogP contribution in [-0.2, 0) is 16.1 Å². The third kappa shape index (κ3) is 6.15. The highest BCUT2D eigenvalue weighted by Gasteiger charge is 2.16. The summed E-state index contributed by atoms with van der Waals surface area (Å²) in [6, 6.07) is 9.10. The number of thioether (sulfide) groups is 1. The van der Waals surface area contributed by atoms with Crippen molar-refractivity contribution in [3.05, 3.63) is 41.7 Å². The third-order valence-electron chi connectivity index (χ3n) is 3.36. The van der Waals surface area contributed by atoms with Crippen molar-refractivity contribution in [1.82, 2.24) is 10.5 Å². The summed E-state index contributed by atoms with van der Waals surface area (Å²) in [6.07, 6.45) is 0. The van der Waals surface area contributed by atoms with Gasteiger partial charge in [0.1, 0.15) is 11.5 Å². The van der Waals surface area contributed by atoms with E-state index in [2.05, 4.69) is 15.8 Å². The molecule has 0 radical (unpaired) electrons. The van der Waals surface area contributed by atoms with Crippen molar-refractivity contribution in [1.29, 1.82) is 0 Å². The van der Waals surface area contributed by atoms with E-state index < -0.39 is 0 Å². The molecule has 2 aromatic rings. The summed E-state index contributed by atoms with van der Waals surface area (Å²) < 4.78 is 9.98. The number of ether oxygens (including phenoxy) is 1. The van der Waals surface area contributed by atoms with Gasteiger partial charge in [-0.15, -0.1) is 11.8 Å². The molecule has 25 heavy (non-hydrogen) atoms. The topological polar surface area (TPSA) is 93.5 Å². The standard InChI is InChI=1S/C17H21N3O4S/c1-11-8-15(20-24-11)19-17(22)12(2)25-10-16(21)18-9-13-4-6-14(23-3)7-5-13/h4-8,12H,9-10H2,1-3H3,(H,18,21)(H,19,20,22). The zero-order chi connectivity index (χ0) is 18.2. The van der Waals surface area contributed by atoms with Crippen molar-refractivity contribution in [3.63, 3.8) is 0 Å². The molecule has 0 bridgehead atoms. The number of nitrogens with zero attached hydrogens (tertiary/aromatic N) is 1. The Morgan fingerprint density at radius 1 is 1.32 bits per heavy atom. The first-order valence-corrected chi connectivity index (χ1v) is 8.78. The Bertz CT molecular complexity index is 715. The number of hydrogen-bond donors (Lipinski definition) is 2. The maximum atomic E-state index is 12.0. The number of aryl methyl sites for hydroxylation is 1.